The SMILES string of the molecule is O=C(Nc1ccc(CCN2CCOCC2)cc1)c1ccccc1COc1ccccc1. The number of ether oxygens (including phenoxy) is 2. The Morgan fingerprint density at radius 2 is 1.61 bits per heavy atom. The number of carbonyl (C=O) groups excluding carboxylic acids is 1. The van der Waals surface area contributed by atoms with Crippen molar-refractivity contribution < 1.29 is 14.3 Å². The summed E-state index contributed by atoms with van der Waals surface area (Å²) in [6.45, 7) is 5.02. The van der Waals surface area contributed by atoms with Crippen LogP contribution in [0.25, 0.3) is 0 Å². The Morgan fingerprint density at radius 3 is 2.39 bits per heavy atom. The van der Waals surface area contributed by atoms with E-state index in [1.807, 2.05) is 66.7 Å². The van der Waals surface area contributed by atoms with Crippen LogP contribution in [0.5, 0.6) is 5.75 Å². The van der Waals surface area contributed by atoms with Gasteiger partial charge in [0.2, 0.25) is 0 Å². The van der Waals surface area contributed by atoms with Crippen molar-refractivity contribution in [3.8, 4) is 5.75 Å². The van der Waals surface area contributed by atoms with Crippen molar-refractivity contribution in [2.45, 2.75) is 13.0 Å². The van der Waals surface area contributed by atoms with Crippen LogP contribution in [0.2, 0.25) is 0 Å². The monoisotopic (exact) mass is 416 g/mol. The average molecular weight is 417 g/mol. The van der Waals surface area contributed by atoms with E-state index in [-0.39, 0.29) is 5.91 Å². The normalized spacial score (nSPS) is 14.2. The summed E-state index contributed by atoms with van der Waals surface area (Å²) in [4.78, 5) is 15.3. The van der Waals surface area contributed by atoms with E-state index in [0.29, 0.717) is 12.2 Å². The predicted molar refractivity (Wildman–Crippen MR) is 123 cm³/mol. The summed E-state index contributed by atoms with van der Waals surface area (Å²) in [5, 5.41) is 3.01. The summed E-state index contributed by atoms with van der Waals surface area (Å²) in [7, 11) is 0. The third-order valence-electron chi connectivity index (χ3n) is 5.43. The Kier molecular flexibility index (Phi) is 7.32. The third kappa shape index (κ3) is 6.17. The zero-order chi connectivity index (χ0) is 21.3. The maximum absolute atomic E-state index is 12.9. The molecule has 0 radical (unpaired) electrons. The van der Waals surface area contributed by atoms with Crippen molar-refractivity contribution in [3.05, 3.63) is 95.6 Å². The molecule has 1 saturated heterocycles. The fourth-order valence-electron chi connectivity index (χ4n) is 3.61. The topological polar surface area (TPSA) is 50.8 Å². The van der Waals surface area contributed by atoms with E-state index in [4.69, 9.17) is 9.47 Å². The first-order chi connectivity index (χ1) is 15.3. The highest BCUT2D eigenvalue weighted by Gasteiger charge is 2.13. The van der Waals surface area contributed by atoms with Gasteiger partial charge in [0.1, 0.15) is 12.4 Å². The van der Waals surface area contributed by atoms with Crippen molar-refractivity contribution >= 4 is 11.6 Å². The van der Waals surface area contributed by atoms with Crippen LogP contribution in [0.1, 0.15) is 21.5 Å². The smallest absolute Gasteiger partial charge is 0.256 e. The van der Waals surface area contributed by atoms with Crippen molar-refractivity contribution in [2.24, 2.45) is 0 Å². The second-order valence-corrected chi connectivity index (χ2v) is 7.61. The maximum atomic E-state index is 12.9. The van der Waals surface area contributed by atoms with Crippen LogP contribution >= 0.6 is 0 Å². The van der Waals surface area contributed by atoms with Gasteiger partial charge in [-0.05, 0) is 42.3 Å². The molecule has 3 aromatic rings. The van der Waals surface area contributed by atoms with E-state index in [1.54, 1.807) is 0 Å². The highest BCUT2D eigenvalue weighted by molar-refractivity contribution is 6.05. The number of nitrogens with one attached hydrogen (secondary N) is 1. The molecule has 0 spiro atoms. The molecule has 1 fully saturated rings. The molecule has 1 amide bonds. The summed E-state index contributed by atoms with van der Waals surface area (Å²) in [6, 6.07) is 25.3. The molecular formula is C26H28N2O3. The lowest BCUT2D eigenvalue weighted by Crippen LogP contribution is -2.37. The largest absolute Gasteiger partial charge is 0.489 e. The summed E-state index contributed by atoms with van der Waals surface area (Å²) in [5.41, 5.74) is 3.53. The van der Waals surface area contributed by atoms with Crippen molar-refractivity contribution in [2.75, 3.05) is 38.2 Å². The molecule has 1 aliphatic heterocycles. The molecule has 0 unspecified atom stereocenters. The number of para-hydroxylation sites is 1. The molecule has 1 N–H and O–H groups in total. The first kappa shape index (κ1) is 21.1. The number of anilines is 1. The predicted octanol–water partition coefficient (Wildman–Crippen LogP) is 4.39. The minimum Gasteiger partial charge on any atom is -0.489 e. The number of nitrogens with zero attached hydrogens (tertiary/aromatic N) is 1. The van der Waals surface area contributed by atoms with Crippen molar-refractivity contribution in [1.82, 2.24) is 4.90 Å². The van der Waals surface area contributed by atoms with Crippen LogP contribution in [-0.4, -0.2) is 43.7 Å². The molecule has 5 nitrogen and oxygen atoms in total. The number of hydrogen-bond donors (Lipinski definition) is 1. The Hall–Kier alpha value is -3.15. The van der Waals surface area contributed by atoms with Gasteiger partial charge in [-0.25, -0.2) is 0 Å². The molecule has 3 aromatic carbocycles. The van der Waals surface area contributed by atoms with Gasteiger partial charge in [-0.1, -0.05) is 48.5 Å². The number of rotatable bonds is 8. The van der Waals surface area contributed by atoms with Crippen LogP contribution in [0.4, 0.5) is 5.69 Å². The molecule has 160 valence electrons. The van der Waals surface area contributed by atoms with Gasteiger partial charge in [-0.15, -0.1) is 0 Å². The second kappa shape index (κ2) is 10.8. The van der Waals surface area contributed by atoms with E-state index in [1.165, 1.54) is 5.56 Å². The lowest BCUT2D eigenvalue weighted by atomic mass is 10.1. The van der Waals surface area contributed by atoms with Crippen LogP contribution in [0.3, 0.4) is 0 Å². The van der Waals surface area contributed by atoms with Crippen LogP contribution in [0, 0.1) is 0 Å². The zero-order valence-electron chi connectivity index (χ0n) is 17.6. The van der Waals surface area contributed by atoms with Gasteiger partial charge in [0, 0.05) is 36.4 Å². The van der Waals surface area contributed by atoms with Crippen LogP contribution < -0.4 is 10.1 Å². The Bertz CT molecular complexity index is 967. The fourth-order valence-corrected chi connectivity index (χ4v) is 3.61. The Labute approximate surface area is 183 Å². The highest BCUT2D eigenvalue weighted by Crippen LogP contribution is 2.17. The molecular weight excluding hydrogens is 388 g/mol. The van der Waals surface area contributed by atoms with Gasteiger partial charge in [0.05, 0.1) is 13.2 Å². The number of benzene rings is 3. The number of morpholine rings is 1. The number of hydrogen-bond acceptors (Lipinski definition) is 4. The summed E-state index contributed by atoms with van der Waals surface area (Å²) in [5.74, 6) is 0.652. The van der Waals surface area contributed by atoms with E-state index in [9.17, 15) is 4.79 Å². The van der Waals surface area contributed by atoms with Crippen molar-refractivity contribution in [3.63, 3.8) is 0 Å². The van der Waals surface area contributed by atoms with Gasteiger partial charge in [-0.3, -0.25) is 9.69 Å². The lowest BCUT2D eigenvalue weighted by molar-refractivity contribution is 0.0384. The van der Waals surface area contributed by atoms with Gasteiger partial charge < -0.3 is 14.8 Å². The summed E-state index contributed by atoms with van der Waals surface area (Å²) < 4.78 is 11.2. The molecule has 0 bridgehead atoms. The fraction of sp³-hybridized carbons (Fsp3) is 0.269. The number of carbonyl (C=O) groups is 1. The molecule has 1 aliphatic rings. The minimum absolute atomic E-state index is 0.131. The van der Waals surface area contributed by atoms with Crippen LogP contribution in [-0.2, 0) is 17.8 Å². The molecule has 5 heteroatoms. The maximum Gasteiger partial charge on any atom is 0.256 e. The van der Waals surface area contributed by atoms with E-state index >= 15 is 0 Å². The quantitative estimate of drug-likeness (QED) is 0.592. The van der Waals surface area contributed by atoms with Gasteiger partial charge in [0.15, 0.2) is 0 Å². The van der Waals surface area contributed by atoms with Crippen LogP contribution in [0.15, 0.2) is 78.9 Å². The van der Waals surface area contributed by atoms with Gasteiger partial charge in [-0.2, -0.15) is 0 Å². The van der Waals surface area contributed by atoms with E-state index in [0.717, 1.165) is 56.3 Å². The Morgan fingerprint density at radius 1 is 0.903 bits per heavy atom. The van der Waals surface area contributed by atoms with Gasteiger partial charge in [0.25, 0.3) is 5.91 Å². The molecule has 0 saturated carbocycles. The van der Waals surface area contributed by atoms with E-state index < -0.39 is 0 Å². The minimum atomic E-state index is -0.131. The second-order valence-electron chi connectivity index (χ2n) is 7.61. The number of amides is 1. The first-order valence-corrected chi connectivity index (χ1v) is 10.7. The molecule has 31 heavy (non-hydrogen) atoms. The Balaban J connectivity index is 1.33. The summed E-state index contributed by atoms with van der Waals surface area (Å²) >= 11 is 0. The molecule has 4 rings (SSSR count). The molecule has 0 atom stereocenters. The zero-order valence-corrected chi connectivity index (χ0v) is 17.6. The molecule has 0 aromatic heterocycles. The molecule has 0 aliphatic carbocycles. The summed E-state index contributed by atoms with van der Waals surface area (Å²) in [6.07, 6.45) is 0.994. The first-order valence-electron chi connectivity index (χ1n) is 10.7. The lowest BCUT2D eigenvalue weighted by Gasteiger charge is -2.26. The van der Waals surface area contributed by atoms with E-state index in [2.05, 4.69) is 22.3 Å². The standard InChI is InChI=1S/C26H28N2O3/c29-26(25-9-5-4-6-22(25)20-31-24-7-2-1-3-8-24)27-23-12-10-21(11-13-23)14-15-28-16-18-30-19-17-28/h1-13H,14-20H2,(H,27,29). The third-order valence-corrected chi connectivity index (χ3v) is 5.43. The van der Waals surface area contributed by atoms with Crippen molar-refractivity contribution in [1.29, 1.82) is 0 Å². The molecule has 1 heterocycles. The highest BCUT2D eigenvalue weighted by atomic mass is 16.5. The van der Waals surface area contributed by atoms with Gasteiger partial charge >= 0.3 is 0 Å². The average Bonchev–Trinajstić information content (AvgIpc) is 2.84.